The molecule has 2 N–H and O–H groups in total. The third kappa shape index (κ3) is 3.04. The standard InChI is InChI=1S/C14H10ClN3O3/c1-21-11-6-9(2-3-10(11)14(19)20)18-13-12(15)8(7-16)4-5-17-13/h2-6H,1H3,(H,17,18)(H,19,20). The molecule has 1 aromatic carbocycles. The molecule has 0 aliphatic rings. The molecule has 6 nitrogen and oxygen atoms in total. The second kappa shape index (κ2) is 6.11. The third-order valence-electron chi connectivity index (χ3n) is 2.70. The smallest absolute Gasteiger partial charge is 0.339 e. The first-order valence-corrected chi connectivity index (χ1v) is 6.17. The zero-order chi connectivity index (χ0) is 15.4. The van der Waals surface area contributed by atoms with Gasteiger partial charge in [0.25, 0.3) is 0 Å². The largest absolute Gasteiger partial charge is 0.496 e. The lowest BCUT2D eigenvalue weighted by molar-refractivity contribution is 0.0693. The van der Waals surface area contributed by atoms with Crippen LogP contribution in [0.4, 0.5) is 11.5 Å². The van der Waals surface area contributed by atoms with Crippen LogP contribution >= 0.6 is 11.6 Å². The molecule has 0 saturated heterocycles. The van der Waals surface area contributed by atoms with Gasteiger partial charge in [-0.05, 0) is 18.2 Å². The van der Waals surface area contributed by atoms with E-state index in [1.807, 2.05) is 6.07 Å². The number of aromatic carboxylic acids is 1. The van der Waals surface area contributed by atoms with Gasteiger partial charge in [0.1, 0.15) is 22.4 Å². The van der Waals surface area contributed by atoms with Crippen molar-refractivity contribution < 1.29 is 14.6 Å². The Hall–Kier alpha value is -2.78. The number of methoxy groups -OCH3 is 1. The first-order chi connectivity index (χ1) is 10.1. The van der Waals surface area contributed by atoms with Gasteiger partial charge in [0.05, 0.1) is 12.7 Å². The van der Waals surface area contributed by atoms with Gasteiger partial charge < -0.3 is 15.2 Å². The lowest BCUT2D eigenvalue weighted by atomic mass is 10.2. The molecule has 0 saturated carbocycles. The van der Waals surface area contributed by atoms with Crippen molar-refractivity contribution in [3.05, 3.63) is 46.6 Å². The molecular formula is C14H10ClN3O3. The van der Waals surface area contributed by atoms with Crippen LogP contribution in [0.15, 0.2) is 30.5 Å². The Bertz CT molecular complexity index is 741. The van der Waals surface area contributed by atoms with Gasteiger partial charge >= 0.3 is 5.97 Å². The van der Waals surface area contributed by atoms with Crippen LogP contribution in [0.25, 0.3) is 0 Å². The summed E-state index contributed by atoms with van der Waals surface area (Å²) in [6, 6.07) is 7.94. The van der Waals surface area contributed by atoms with Crippen molar-refractivity contribution in [2.24, 2.45) is 0 Å². The van der Waals surface area contributed by atoms with Crippen molar-refractivity contribution in [3.63, 3.8) is 0 Å². The van der Waals surface area contributed by atoms with Crippen molar-refractivity contribution in [2.75, 3.05) is 12.4 Å². The number of nitrogens with zero attached hydrogens (tertiary/aromatic N) is 2. The molecule has 7 heteroatoms. The number of ether oxygens (including phenoxy) is 1. The van der Waals surface area contributed by atoms with Crippen LogP contribution in [-0.2, 0) is 0 Å². The number of anilines is 2. The van der Waals surface area contributed by atoms with Gasteiger partial charge in [-0.1, -0.05) is 11.6 Å². The molecule has 0 atom stereocenters. The number of nitriles is 1. The number of nitrogens with one attached hydrogen (secondary N) is 1. The Balaban J connectivity index is 2.37. The average molecular weight is 304 g/mol. The molecule has 1 heterocycles. The fraction of sp³-hybridized carbons (Fsp3) is 0.0714. The van der Waals surface area contributed by atoms with E-state index in [9.17, 15) is 4.79 Å². The minimum Gasteiger partial charge on any atom is -0.496 e. The molecule has 1 aromatic heterocycles. The van der Waals surface area contributed by atoms with Crippen LogP contribution in [0.5, 0.6) is 5.75 Å². The van der Waals surface area contributed by atoms with E-state index in [-0.39, 0.29) is 16.3 Å². The summed E-state index contributed by atoms with van der Waals surface area (Å²) >= 11 is 6.04. The molecule has 0 radical (unpaired) electrons. The van der Waals surface area contributed by atoms with Gasteiger partial charge in [-0.2, -0.15) is 5.26 Å². The number of pyridine rings is 1. The first-order valence-electron chi connectivity index (χ1n) is 5.79. The van der Waals surface area contributed by atoms with E-state index in [1.165, 1.54) is 31.5 Å². The van der Waals surface area contributed by atoms with E-state index in [0.29, 0.717) is 17.1 Å². The summed E-state index contributed by atoms with van der Waals surface area (Å²) in [5, 5.41) is 21.0. The first kappa shape index (κ1) is 14.6. The minimum absolute atomic E-state index is 0.0490. The molecule has 0 bridgehead atoms. The highest BCUT2D eigenvalue weighted by Crippen LogP contribution is 2.29. The lowest BCUT2D eigenvalue weighted by Gasteiger charge is -2.11. The number of hydrogen-bond donors (Lipinski definition) is 2. The highest BCUT2D eigenvalue weighted by Gasteiger charge is 2.13. The van der Waals surface area contributed by atoms with Crippen LogP contribution in [0, 0.1) is 11.3 Å². The van der Waals surface area contributed by atoms with Crippen molar-refractivity contribution in [1.29, 1.82) is 5.26 Å². The molecule has 0 amide bonds. The van der Waals surface area contributed by atoms with Crippen molar-refractivity contribution >= 4 is 29.1 Å². The maximum atomic E-state index is 11.0. The second-order valence-electron chi connectivity index (χ2n) is 3.98. The Labute approximate surface area is 125 Å². The SMILES string of the molecule is COc1cc(Nc2nccc(C#N)c2Cl)ccc1C(=O)O. The van der Waals surface area contributed by atoms with E-state index >= 15 is 0 Å². The summed E-state index contributed by atoms with van der Waals surface area (Å²) in [5.74, 6) is -0.568. The molecule has 0 aliphatic heterocycles. The maximum Gasteiger partial charge on any atom is 0.339 e. The van der Waals surface area contributed by atoms with Gasteiger partial charge in [-0.25, -0.2) is 9.78 Å². The number of carbonyl (C=O) groups is 1. The number of aromatic nitrogens is 1. The second-order valence-corrected chi connectivity index (χ2v) is 4.36. The average Bonchev–Trinajstić information content (AvgIpc) is 2.49. The Morgan fingerprint density at radius 1 is 1.48 bits per heavy atom. The number of carboxylic acids is 1. The monoisotopic (exact) mass is 303 g/mol. The van der Waals surface area contributed by atoms with E-state index in [1.54, 1.807) is 6.07 Å². The normalized spacial score (nSPS) is 9.76. The number of halogens is 1. The number of benzene rings is 1. The zero-order valence-electron chi connectivity index (χ0n) is 10.9. The fourth-order valence-corrected chi connectivity index (χ4v) is 1.90. The zero-order valence-corrected chi connectivity index (χ0v) is 11.7. The van der Waals surface area contributed by atoms with Crippen molar-refractivity contribution in [2.45, 2.75) is 0 Å². The quantitative estimate of drug-likeness (QED) is 0.901. The predicted molar refractivity (Wildman–Crippen MR) is 77.2 cm³/mol. The summed E-state index contributed by atoms with van der Waals surface area (Å²) in [7, 11) is 1.38. The molecule has 2 rings (SSSR count). The molecule has 0 aliphatic carbocycles. The summed E-state index contributed by atoms with van der Waals surface area (Å²) in [6.07, 6.45) is 1.45. The minimum atomic E-state index is -1.08. The number of carboxylic acid groups (broad SMARTS) is 1. The molecule has 0 spiro atoms. The molecule has 0 fully saturated rings. The summed E-state index contributed by atoms with van der Waals surface area (Å²) in [4.78, 5) is 15.1. The van der Waals surface area contributed by atoms with Gasteiger partial charge in [0.2, 0.25) is 0 Å². The summed E-state index contributed by atoms with van der Waals surface area (Å²) in [6.45, 7) is 0. The van der Waals surface area contributed by atoms with Crippen LogP contribution in [0.1, 0.15) is 15.9 Å². The van der Waals surface area contributed by atoms with Gasteiger partial charge in [-0.3, -0.25) is 0 Å². The Morgan fingerprint density at radius 2 is 2.24 bits per heavy atom. The predicted octanol–water partition coefficient (Wildman–Crippen LogP) is 3.06. The van der Waals surface area contributed by atoms with E-state index in [4.69, 9.17) is 26.7 Å². The van der Waals surface area contributed by atoms with Crippen molar-refractivity contribution in [3.8, 4) is 11.8 Å². The number of hydrogen-bond acceptors (Lipinski definition) is 5. The Morgan fingerprint density at radius 3 is 2.86 bits per heavy atom. The van der Waals surface area contributed by atoms with Crippen LogP contribution in [0.3, 0.4) is 0 Å². The highest BCUT2D eigenvalue weighted by atomic mass is 35.5. The maximum absolute atomic E-state index is 11.0. The number of rotatable bonds is 4. The Kier molecular flexibility index (Phi) is 4.26. The fourth-order valence-electron chi connectivity index (χ4n) is 1.70. The molecule has 2 aromatic rings. The molecule has 21 heavy (non-hydrogen) atoms. The molecule has 106 valence electrons. The van der Waals surface area contributed by atoms with Crippen molar-refractivity contribution in [1.82, 2.24) is 4.98 Å². The van der Waals surface area contributed by atoms with Crippen LogP contribution < -0.4 is 10.1 Å². The van der Waals surface area contributed by atoms with E-state index in [2.05, 4.69) is 10.3 Å². The van der Waals surface area contributed by atoms with Gasteiger partial charge in [0, 0.05) is 18.0 Å². The van der Waals surface area contributed by atoms with Crippen LogP contribution in [0.2, 0.25) is 5.02 Å². The van der Waals surface area contributed by atoms with Gasteiger partial charge in [0.15, 0.2) is 5.82 Å². The lowest BCUT2D eigenvalue weighted by Crippen LogP contribution is -2.02. The summed E-state index contributed by atoms with van der Waals surface area (Å²) in [5.41, 5.74) is 0.887. The topological polar surface area (TPSA) is 95.2 Å². The molecule has 0 unspecified atom stereocenters. The summed E-state index contributed by atoms with van der Waals surface area (Å²) < 4.78 is 5.03. The third-order valence-corrected chi connectivity index (χ3v) is 3.09. The molecular weight excluding hydrogens is 294 g/mol. The van der Waals surface area contributed by atoms with Gasteiger partial charge in [-0.15, -0.1) is 0 Å². The van der Waals surface area contributed by atoms with Crippen LogP contribution in [-0.4, -0.2) is 23.2 Å². The van der Waals surface area contributed by atoms with E-state index in [0.717, 1.165) is 0 Å². The highest BCUT2D eigenvalue weighted by molar-refractivity contribution is 6.34. The van der Waals surface area contributed by atoms with E-state index < -0.39 is 5.97 Å².